The van der Waals surface area contributed by atoms with Gasteiger partial charge < -0.3 is 10.2 Å². The minimum atomic E-state index is -3.31. The quantitative estimate of drug-likeness (QED) is 0.724. The molecule has 2 aliphatic heterocycles. The fourth-order valence-corrected chi connectivity index (χ4v) is 5.57. The van der Waals surface area contributed by atoms with Crippen LogP contribution in [0.2, 0.25) is 0 Å². The first kappa shape index (κ1) is 21.7. The lowest BCUT2D eigenvalue weighted by atomic mass is 9.97. The van der Waals surface area contributed by atoms with Crippen LogP contribution in [0.25, 0.3) is 0 Å². The second kappa shape index (κ2) is 9.94. The molecule has 0 aromatic heterocycles. The summed E-state index contributed by atoms with van der Waals surface area (Å²) in [6.07, 6.45) is 5.10. The highest BCUT2D eigenvalue weighted by atomic mass is 35.5. The average Bonchev–Trinajstić information content (AvgIpc) is 3.03. The van der Waals surface area contributed by atoms with Gasteiger partial charge in [0.2, 0.25) is 15.9 Å². The molecule has 0 radical (unpaired) electrons. The van der Waals surface area contributed by atoms with Crippen molar-refractivity contribution < 1.29 is 13.2 Å². The van der Waals surface area contributed by atoms with E-state index in [4.69, 9.17) is 0 Å². The molecule has 142 valence electrons. The van der Waals surface area contributed by atoms with Gasteiger partial charge in [-0.15, -0.1) is 12.4 Å². The molecule has 2 atom stereocenters. The number of likely N-dealkylation sites (tertiary alicyclic amines) is 1. The number of rotatable bonds is 7. The van der Waals surface area contributed by atoms with E-state index in [1.165, 1.54) is 4.31 Å². The Bertz CT molecular complexity index is 499. The third kappa shape index (κ3) is 5.31. The number of nitrogens with one attached hydrogen (secondary N) is 1. The molecular formula is C16H32ClN3O3S. The highest BCUT2D eigenvalue weighted by Gasteiger charge is 2.40. The van der Waals surface area contributed by atoms with Crippen molar-refractivity contribution in [3.63, 3.8) is 0 Å². The number of piperidine rings is 1. The van der Waals surface area contributed by atoms with Crippen molar-refractivity contribution in [2.24, 2.45) is 5.92 Å². The van der Waals surface area contributed by atoms with Crippen molar-refractivity contribution in [2.75, 3.05) is 39.0 Å². The zero-order chi connectivity index (χ0) is 16.9. The van der Waals surface area contributed by atoms with E-state index in [9.17, 15) is 13.2 Å². The zero-order valence-electron chi connectivity index (χ0n) is 14.9. The SMILES string of the molecule is CCCCS(=O)(=O)N1CCCC1C(=O)N1CCCC(CNC)C1.Cl. The third-order valence-corrected chi connectivity index (χ3v) is 6.88. The molecule has 0 saturated carbocycles. The van der Waals surface area contributed by atoms with Gasteiger partial charge in [-0.25, -0.2) is 8.42 Å². The third-order valence-electron chi connectivity index (χ3n) is 4.93. The fraction of sp³-hybridized carbons (Fsp3) is 0.938. The number of carbonyl (C=O) groups excluding carboxylic acids is 1. The van der Waals surface area contributed by atoms with Crippen LogP contribution in [-0.2, 0) is 14.8 Å². The summed E-state index contributed by atoms with van der Waals surface area (Å²) in [7, 11) is -1.37. The van der Waals surface area contributed by atoms with Crippen LogP contribution in [0.1, 0.15) is 45.4 Å². The van der Waals surface area contributed by atoms with E-state index in [0.29, 0.717) is 25.3 Å². The van der Waals surface area contributed by atoms with E-state index < -0.39 is 16.1 Å². The first-order valence-electron chi connectivity index (χ1n) is 8.92. The summed E-state index contributed by atoms with van der Waals surface area (Å²) in [6.45, 7) is 4.90. The molecule has 2 unspecified atom stereocenters. The molecule has 1 N–H and O–H groups in total. The van der Waals surface area contributed by atoms with E-state index in [2.05, 4.69) is 5.32 Å². The van der Waals surface area contributed by atoms with E-state index in [1.807, 2.05) is 18.9 Å². The molecule has 8 heteroatoms. The summed E-state index contributed by atoms with van der Waals surface area (Å²) in [5.41, 5.74) is 0. The van der Waals surface area contributed by atoms with Crippen LogP contribution in [0, 0.1) is 5.92 Å². The molecular weight excluding hydrogens is 350 g/mol. The lowest BCUT2D eigenvalue weighted by Crippen LogP contribution is -2.51. The molecule has 2 rings (SSSR count). The van der Waals surface area contributed by atoms with Crippen LogP contribution in [-0.4, -0.2) is 68.6 Å². The number of unbranched alkanes of at least 4 members (excludes halogenated alkanes) is 1. The number of nitrogens with zero attached hydrogens (tertiary/aromatic N) is 2. The summed E-state index contributed by atoms with van der Waals surface area (Å²) in [6, 6.07) is -0.467. The molecule has 0 bridgehead atoms. The number of carbonyl (C=O) groups is 1. The van der Waals surface area contributed by atoms with Crippen molar-refractivity contribution in [1.82, 2.24) is 14.5 Å². The zero-order valence-corrected chi connectivity index (χ0v) is 16.5. The predicted octanol–water partition coefficient (Wildman–Crippen LogP) is 1.46. The second-order valence-electron chi connectivity index (χ2n) is 6.79. The molecule has 2 aliphatic rings. The molecule has 2 saturated heterocycles. The van der Waals surface area contributed by atoms with E-state index in [-0.39, 0.29) is 24.1 Å². The number of halogens is 1. The molecule has 0 spiro atoms. The Balaban J connectivity index is 0.00000288. The molecule has 0 aromatic carbocycles. The number of hydrogen-bond acceptors (Lipinski definition) is 4. The van der Waals surface area contributed by atoms with Crippen molar-refractivity contribution in [3.05, 3.63) is 0 Å². The minimum absolute atomic E-state index is 0. The number of amides is 1. The molecule has 2 fully saturated rings. The first-order valence-corrected chi connectivity index (χ1v) is 10.5. The molecule has 1 amide bonds. The second-order valence-corrected chi connectivity index (χ2v) is 8.83. The lowest BCUT2D eigenvalue weighted by Gasteiger charge is -2.36. The van der Waals surface area contributed by atoms with Crippen LogP contribution in [0.3, 0.4) is 0 Å². The maximum Gasteiger partial charge on any atom is 0.241 e. The lowest BCUT2D eigenvalue weighted by molar-refractivity contribution is -0.136. The molecule has 0 aromatic rings. The van der Waals surface area contributed by atoms with Gasteiger partial charge in [-0.3, -0.25) is 4.79 Å². The summed E-state index contributed by atoms with van der Waals surface area (Å²) in [5, 5.41) is 3.18. The molecule has 2 heterocycles. The summed E-state index contributed by atoms with van der Waals surface area (Å²) in [5.74, 6) is 0.656. The van der Waals surface area contributed by atoms with Gasteiger partial charge in [0, 0.05) is 19.6 Å². The largest absolute Gasteiger partial charge is 0.341 e. The van der Waals surface area contributed by atoms with Gasteiger partial charge in [-0.05, 0) is 51.6 Å². The van der Waals surface area contributed by atoms with Gasteiger partial charge >= 0.3 is 0 Å². The standard InChI is InChI=1S/C16H31N3O3S.ClH/c1-3-4-11-23(21,22)19-10-6-8-15(19)16(20)18-9-5-7-14(13-18)12-17-2;/h14-15,17H,3-13H2,1-2H3;1H. The monoisotopic (exact) mass is 381 g/mol. The summed E-state index contributed by atoms with van der Waals surface area (Å²) < 4.78 is 26.5. The first-order chi connectivity index (χ1) is 11.0. The van der Waals surface area contributed by atoms with Gasteiger partial charge in [0.1, 0.15) is 6.04 Å². The Morgan fingerprint density at radius 3 is 2.58 bits per heavy atom. The summed E-state index contributed by atoms with van der Waals surface area (Å²) in [4.78, 5) is 14.8. The van der Waals surface area contributed by atoms with Crippen molar-refractivity contribution in [3.8, 4) is 0 Å². The predicted molar refractivity (Wildman–Crippen MR) is 98.9 cm³/mol. The van der Waals surface area contributed by atoms with Crippen LogP contribution in [0.15, 0.2) is 0 Å². The molecule has 6 nitrogen and oxygen atoms in total. The Morgan fingerprint density at radius 1 is 1.21 bits per heavy atom. The van der Waals surface area contributed by atoms with Crippen LogP contribution in [0.5, 0.6) is 0 Å². The topological polar surface area (TPSA) is 69.7 Å². The molecule has 24 heavy (non-hydrogen) atoms. The summed E-state index contributed by atoms with van der Waals surface area (Å²) >= 11 is 0. The fourth-order valence-electron chi connectivity index (χ4n) is 3.70. The van der Waals surface area contributed by atoms with Crippen molar-refractivity contribution in [2.45, 2.75) is 51.5 Å². The van der Waals surface area contributed by atoms with E-state index >= 15 is 0 Å². The number of sulfonamides is 1. The minimum Gasteiger partial charge on any atom is -0.341 e. The molecule has 0 aliphatic carbocycles. The van der Waals surface area contributed by atoms with Crippen LogP contribution < -0.4 is 5.32 Å². The van der Waals surface area contributed by atoms with Gasteiger partial charge in [-0.1, -0.05) is 13.3 Å². The Hall–Kier alpha value is -0.370. The van der Waals surface area contributed by atoms with Gasteiger partial charge in [0.15, 0.2) is 0 Å². The van der Waals surface area contributed by atoms with Crippen LogP contribution >= 0.6 is 12.4 Å². The van der Waals surface area contributed by atoms with Crippen molar-refractivity contribution in [1.29, 1.82) is 0 Å². The smallest absolute Gasteiger partial charge is 0.241 e. The van der Waals surface area contributed by atoms with Gasteiger partial charge in [0.25, 0.3) is 0 Å². The maximum atomic E-state index is 12.9. The maximum absolute atomic E-state index is 12.9. The average molecular weight is 382 g/mol. The van der Waals surface area contributed by atoms with Crippen molar-refractivity contribution >= 4 is 28.3 Å². The highest BCUT2D eigenvalue weighted by molar-refractivity contribution is 7.89. The highest BCUT2D eigenvalue weighted by Crippen LogP contribution is 2.26. The Morgan fingerprint density at radius 2 is 1.92 bits per heavy atom. The van der Waals surface area contributed by atoms with Crippen LogP contribution in [0.4, 0.5) is 0 Å². The van der Waals surface area contributed by atoms with Gasteiger partial charge in [-0.2, -0.15) is 4.31 Å². The Labute approximate surface area is 152 Å². The van der Waals surface area contributed by atoms with Gasteiger partial charge in [0.05, 0.1) is 5.75 Å². The van der Waals surface area contributed by atoms with E-state index in [1.54, 1.807) is 0 Å². The normalized spacial score (nSPS) is 25.5. The van der Waals surface area contributed by atoms with E-state index in [0.717, 1.165) is 45.3 Å². The number of hydrogen-bond donors (Lipinski definition) is 1. The Kier molecular flexibility index (Phi) is 8.98.